The summed E-state index contributed by atoms with van der Waals surface area (Å²) >= 11 is 0. The van der Waals surface area contributed by atoms with Gasteiger partial charge >= 0.3 is 0 Å². The second-order valence-corrected chi connectivity index (χ2v) is 4.87. The molecule has 0 radical (unpaired) electrons. The number of halogens is 2. The highest BCUT2D eigenvalue weighted by atomic mass is 19.1. The van der Waals surface area contributed by atoms with Gasteiger partial charge in [0.1, 0.15) is 11.6 Å². The van der Waals surface area contributed by atoms with Crippen LogP contribution in [0.1, 0.15) is 21.5 Å². The number of carbonyl (C=O) groups excluding carboxylic acids is 1. The molecule has 1 aliphatic rings. The Morgan fingerprint density at radius 1 is 1.11 bits per heavy atom. The van der Waals surface area contributed by atoms with Crippen molar-refractivity contribution in [1.29, 1.82) is 0 Å². The van der Waals surface area contributed by atoms with E-state index in [2.05, 4.69) is 0 Å². The average Bonchev–Trinajstić information content (AvgIpc) is 2.68. The first-order valence-corrected chi connectivity index (χ1v) is 6.21. The van der Waals surface area contributed by atoms with E-state index in [1.165, 1.54) is 18.2 Å². The monoisotopic (exact) mass is 258 g/mol. The number of rotatable bonds is 2. The van der Waals surface area contributed by atoms with E-state index >= 15 is 0 Å². The van der Waals surface area contributed by atoms with Crippen LogP contribution in [0.5, 0.6) is 0 Å². The molecule has 1 nitrogen and oxygen atoms in total. The summed E-state index contributed by atoms with van der Waals surface area (Å²) < 4.78 is 26.8. The summed E-state index contributed by atoms with van der Waals surface area (Å²) in [7, 11) is 0. The maximum atomic E-state index is 13.6. The lowest BCUT2D eigenvalue weighted by atomic mass is 9.96. The molecule has 1 atom stereocenters. The highest BCUT2D eigenvalue weighted by molar-refractivity contribution is 6.02. The van der Waals surface area contributed by atoms with Crippen LogP contribution in [0.15, 0.2) is 42.5 Å². The van der Waals surface area contributed by atoms with Crippen molar-refractivity contribution in [2.75, 3.05) is 0 Å². The topological polar surface area (TPSA) is 17.1 Å². The normalized spacial score (nSPS) is 17.6. The third kappa shape index (κ3) is 2.16. The fourth-order valence-corrected chi connectivity index (χ4v) is 2.69. The van der Waals surface area contributed by atoms with Crippen LogP contribution in [0.25, 0.3) is 0 Å². The number of Topliss-reactive ketones (excluding diaryl/α,β-unsaturated/α-hetero) is 1. The van der Waals surface area contributed by atoms with Crippen molar-refractivity contribution in [2.24, 2.45) is 5.92 Å². The zero-order chi connectivity index (χ0) is 13.4. The van der Waals surface area contributed by atoms with Gasteiger partial charge in [0.15, 0.2) is 5.78 Å². The molecular formula is C16H12F2O. The smallest absolute Gasteiger partial charge is 0.169 e. The predicted molar refractivity (Wildman–Crippen MR) is 68.0 cm³/mol. The summed E-state index contributed by atoms with van der Waals surface area (Å²) in [6.07, 6.45) is 0.979. The lowest BCUT2D eigenvalue weighted by Crippen LogP contribution is -2.13. The number of hydrogen-bond acceptors (Lipinski definition) is 1. The maximum Gasteiger partial charge on any atom is 0.169 e. The minimum atomic E-state index is -0.454. The predicted octanol–water partition coefficient (Wildman–Crippen LogP) is 3.56. The summed E-state index contributed by atoms with van der Waals surface area (Å²) in [5, 5.41) is 0. The van der Waals surface area contributed by atoms with Crippen LogP contribution in [-0.2, 0) is 12.8 Å². The Hall–Kier alpha value is -2.03. The number of hydrogen-bond donors (Lipinski definition) is 0. The summed E-state index contributed by atoms with van der Waals surface area (Å²) in [5.74, 6) is -1.22. The molecule has 2 aromatic rings. The molecule has 19 heavy (non-hydrogen) atoms. The zero-order valence-electron chi connectivity index (χ0n) is 10.2. The molecule has 0 heterocycles. The molecule has 0 N–H and O–H groups in total. The quantitative estimate of drug-likeness (QED) is 0.805. The Labute approximate surface area is 109 Å². The summed E-state index contributed by atoms with van der Waals surface area (Å²) in [5.41, 5.74) is 1.74. The second-order valence-electron chi connectivity index (χ2n) is 4.87. The van der Waals surface area contributed by atoms with Crippen LogP contribution in [0.4, 0.5) is 8.78 Å². The van der Waals surface area contributed by atoms with Gasteiger partial charge in [0, 0.05) is 5.92 Å². The molecule has 0 aromatic heterocycles. The molecule has 0 saturated heterocycles. The van der Waals surface area contributed by atoms with Crippen molar-refractivity contribution in [3.05, 3.63) is 70.8 Å². The molecule has 96 valence electrons. The molecule has 1 aliphatic carbocycles. The lowest BCUT2D eigenvalue weighted by Gasteiger charge is -2.07. The second kappa shape index (κ2) is 4.57. The van der Waals surface area contributed by atoms with Gasteiger partial charge in [-0.25, -0.2) is 8.78 Å². The van der Waals surface area contributed by atoms with Crippen molar-refractivity contribution < 1.29 is 13.6 Å². The molecule has 3 rings (SSSR count). The zero-order valence-corrected chi connectivity index (χ0v) is 10.2. The van der Waals surface area contributed by atoms with Crippen LogP contribution in [-0.4, -0.2) is 5.78 Å². The number of benzene rings is 2. The Bertz CT molecular complexity index is 649. The van der Waals surface area contributed by atoms with Crippen LogP contribution < -0.4 is 0 Å². The van der Waals surface area contributed by atoms with Crippen molar-refractivity contribution in [3.63, 3.8) is 0 Å². The standard InChI is InChI=1S/C16H12F2O/c17-13-5-1-3-10(8-13)7-12-9-11-4-2-6-14(18)15(11)16(12)19/h1-6,8,12H,7,9H2. The fourth-order valence-electron chi connectivity index (χ4n) is 2.69. The molecule has 0 aliphatic heterocycles. The number of fused-ring (bicyclic) bond motifs is 1. The van der Waals surface area contributed by atoms with Crippen molar-refractivity contribution in [2.45, 2.75) is 12.8 Å². The minimum Gasteiger partial charge on any atom is -0.294 e. The van der Waals surface area contributed by atoms with E-state index in [4.69, 9.17) is 0 Å². The van der Waals surface area contributed by atoms with Gasteiger partial charge in [0.2, 0.25) is 0 Å². The van der Waals surface area contributed by atoms with E-state index < -0.39 is 5.82 Å². The van der Waals surface area contributed by atoms with Crippen molar-refractivity contribution in [1.82, 2.24) is 0 Å². The summed E-state index contributed by atoms with van der Waals surface area (Å²) in [6.45, 7) is 0. The van der Waals surface area contributed by atoms with Gasteiger partial charge in [-0.15, -0.1) is 0 Å². The number of ketones is 1. The molecule has 0 fully saturated rings. The van der Waals surface area contributed by atoms with E-state index in [9.17, 15) is 13.6 Å². The van der Waals surface area contributed by atoms with Gasteiger partial charge in [-0.1, -0.05) is 24.3 Å². The molecule has 0 spiro atoms. The van der Waals surface area contributed by atoms with Crippen LogP contribution in [0.2, 0.25) is 0 Å². The third-order valence-corrected chi connectivity index (χ3v) is 3.55. The van der Waals surface area contributed by atoms with Crippen molar-refractivity contribution >= 4 is 5.78 Å². The lowest BCUT2D eigenvalue weighted by molar-refractivity contribution is 0.0933. The fraction of sp³-hybridized carbons (Fsp3) is 0.188. The van der Waals surface area contributed by atoms with E-state index in [0.29, 0.717) is 12.8 Å². The van der Waals surface area contributed by atoms with Gasteiger partial charge < -0.3 is 0 Å². The average molecular weight is 258 g/mol. The summed E-state index contributed by atoms with van der Waals surface area (Å²) in [6, 6.07) is 10.9. The SMILES string of the molecule is O=C1c2c(F)cccc2CC1Cc1cccc(F)c1. The van der Waals surface area contributed by atoms with Crippen LogP contribution in [0.3, 0.4) is 0 Å². The molecule has 3 heteroatoms. The van der Waals surface area contributed by atoms with E-state index in [0.717, 1.165) is 11.1 Å². The number of carbonyl (C=O) groups is 1. The largest absolute Gasteiger partial charge is 0.294 e. The van der Waals surface area contributed by atoms with Gasteiger partial charge in [-0.2, -0.15) is 0 Å². The highest BCUT2D eigenvalue weighted by Gasteiger charge is 2.32. The Morgan fingerprint density at radius 2 is 1.89 bits per heavy atom. The van der Waals surface area contributed by atoms with Gasteiger partial charge in [0.25, 0.3) is 0 Å². The van der Waals surface area contributed by atoms with Crippen LogP contribution in [0, 0.1) is 17.6 Å². The van der Waals surface area contributed by atoms with Gasteiger partial charge in [-0.3, -0.25) is 4.79 Å². The molecule has 0 amide bonds. The highest BCUT2D eigenvalue weighted by Crippen LogP contribution is 2.30. The van der Waals surface area contributed by atoms with Gasteiger partial charge in [0.05, 0.1) is 5.56 Å². The molecule has 0 bridgehead atoms. The Morgan fingerprint density at radius 3 is 2.63 bits per heavy atom. The maximum absolute atomic E-state index is 13.6. The summed E-state index contributed by atoms with van der Waals surface area (Å²) in [4.78, 5) is 12.2. The molecule has 0 saturated carbocycles. The molecule has 1 unspecified atom stereocenters. The first-order valence-electron chi connectivity index (χ1n) is 6.21. The minimum absolute atomic E-state index is 0.169. The van der Waals surface area contributed by atoms with E-state index in [1.54, 1.807) is 24.3 Å². The first kappa shape index (κ1) is 12.0. The molecule has 2 aromatic carbocycles. The molecular weight excluding hydrogens is 246 g/mol. The Balaban J connectivity index is 1.87. The van der Waals surface area contributed by atoms with E-state index in [1.807, 2.05) is 0 Å². The van der Waals surface area contributed by atoms with Crippen LogP contribution >= 0.6 is 0 Å². The first-order chi connectivity index (χ1) is 9.15. The van der Waals surface area contributed by atoms with Crippen molar-refractivity contribution in [3.8, 4) is 0 Å². The van der Waals surface area contributed by atoms with E-state index in [-0.39, 0.29) is 23.1 Å². The third-order valence-electron chi connectivity index (χ3n) is 3.55. The Kier molecular flexibility index (Phi) is 2.90. The van der Waals surface area contributed by atoms with Gasteiger partial charge in [-0.05, 0) is 42.2 Å².